The topological polar surface area (TPSA) is 91.1 Å². The van der Waals surface area contributed by atoms with Crippen LogP contribution in [-0.2, 0) is 18.3 Å². The monoisotopic (exact) mass is 247 g/mol. The van der Waals surface area contributed by atoms with Gasteiger partial charge in [-0.3, -0.25) is 9.59 Å². The second-order valence-corrected chi connectivity index (χ2v) is 4.22. The standard InChI is InChI=1S/C11H13N5O2/c1-15-8-4-3-7(13-14-12)11(18)16(2)9(8)5-6-10(15)17/h5-7H,3-4H2,1-2H3. The molecule has 0 saturated heterocycles. The Morgan fingerprint density at radius 1 is 1.39 bits per heavy atom. The van der Waals surface area contributed by atoms with E-state index >= 15 is 0 Å². The fraction of sp³-hybridized carbons (Fsp3) is 0.455. The van der Waals surface area contributed by atoms with Crippen LogP contribution in [0.3, 0.4) is 0 Å². The molecule has 18 heavy (non-hydrogen) atoms. The minimum absolute atomic E-state index is 0.114. The van der Waals surface area contributed by atoms with Gasteiger partial charge in [0.1, 0.15) is 6.04 Å². The molecule has 2 rings (SSSR count). The quantitative estimate of drug-likeness (QED) is 0.420. The summed E-state index contributed by atoms with van der Waals surface area (Å²) in [5.41, 5.74) is 9.83. The first-order chi connectivity index (χ1) is 8.56. The summed E-state index contributed by atoms with van der Waals surface area (Å²) in [4.78, 5) is 27.8. The van der Waals surface area contributed by atoms with E-state index in [-0.39, 0.29) is 11.5 Å². The largest absolute Gasteiger partial charge is 0.314 e. The van der Waals surface area contributed by atoms with Crippen LogP contribution in [0.25, 0.3) is 10.4 Å². The summed E-state index contributed by atoms with van der Waals surface area (Å²) < 4.78 is 1.53. The van der Waals surface area contributed by atoms with Gasteiger partial charge in [-0.2, -0.15) is 0 Å². The van der Waals surface area contributed by atoms with Gasteiger partial charge in [-0.1, -0.05) is 5.11 Å². The zero-order chi connectivity index (χ0) is 13.3. The fourth-order valence-electron chi connectivity index (χ4n) is 2.17. The van der Waals surface area contributed by atoms with Crippen LogP contribution in [0.2, 0.25) is 0 Å². The summed E-state index contributed by atoms with van der Waals surface area (Å²) in [6, 6.07) is 2.35. The van der Waals surface area contributed by atoms with E-state index in [0.29, 0.717) is 18.5 Å². The Labute approximate surface area is 103 Å². The molecule has 7 nitrogen and oxygen atoms in total. The third kappa shape index (κ3) is 1.84. The SMILES string of the molecule is CN1C(=O)C(N=[N+]=[N-])CCc2c1ccc(=O)n2C. The molecule has 1 aliphatic heterocycles. The molecule has 1 aromatic rings. The first-order valence-corrected chi connectivity index (χ1v) is 5.57. The van der Waals surface area contributed by atoms with Crippen LogP contribution < -0.4 is 10.5 Å². The minimum atomic E-state index is -0.706. The van der Waals surface area contributed by atoms with E-state index in [9.17, 15) is 9.59 Å². The van der Waals surface area contributed by atoms with E-state index in [1.54, 1.807) is 20.2 Å². The first kappa shape index (κ1) is 12.2. The number of azide groups is 1. The molecule has 2 heterocycles. The number of aromatic nitrogens is 1. The summed E-state index contributed by atoms with van der Waals surface area (Å²) in [6.07, 6.45) is 0.944. The van der Waals surface area contributed by atoms with Crippen molar-refractivity contribution < 1.29 is 4.79 Å². The Morgan fingerprint density at radius 3 is 2.78 bits per heavy atom. The van der Waals surface area contributed by atoms with Gasteiger partial charge in [0.25, 0.3) is 5.56 Å². The number of carbonyl (C=O) groups is 1. The van der Waals surface area contributed by atoms with Gasteiger partial charge < -0.3 is 9.47 Å². The van der Waals surface area contributed by atoms with E-state index in [2.05, 4.69) is 10.0 Å². The van der Waals surface area contributed by atoms with Crippen molar-refractivity contribution in [1.29, 1.82) is 0 Å². The maximum absolute atomic E-state index is 12.1. The Balaban J connectivity index is 2.55. The van der Waals surface area contributed by atoms with Crippen LogP contribution in [0.1, 0.15) is 12.1 Å². The van der Waals surface area contributed by atoms with Crippen molar-refractivity contribution in [3.05, 3.63) is 38.6 Å². The molecule has 0 spiro atoms. The predicted octanol–water partition coefficient (Wildman–Crippen LogP) is 0.973. The number of hydrogen-bond acceptors (Lipinski definition) is 3. The number of hydrogen-bond donors (Lipinski definition) is 0. The molecule has 0 fully saturated rings. The van der Waals surface area contributed by atoms with Gasteiger partial charge in [0.05, 0.1) is 5.69 Å². The lowest BCUT2D eigenvalue weighted by Crippen LogP contribution is -2.34. The molecule has 1 amide bonds. The van der Waals surface area contributed by atoms with Gasteiger partial charge in [-0.05, 0) is 24.4 Å². The molecule has 1 aromatic heterocycles. The van der Waals surface area contributed by atoms with Gasteiger partial charge in [-0.15, -0.1) is 0 Å². The number of carbonyl (C=O) groups excluding carboxylic acids is 1. The lowest BCUT2D eigenvalue weighted by molar-refractivity contribution is -0.119. The average molecular weight is 247 g/mol. The number of fused-ring (bicyclic) bond motifs is 1. The molecule has 1 atom stereocenters. The molecule has 94 valence electrons. The first-order valence-electron chi connectivity index (χ1n) is 5.57. The molecule has 0 radical (unpaired) electrons. The van der Waals surface area contributed by atoms with Crippen molar-refractivity contribution >= 4 is 11.6 Å². The van der Waals surface area contributed by atoms with Crippen molar-refractivity contribution in [1.82, 2.24) is 4.57 Å². The summed E-state index contributed by atoms with van der Waals surface area (Å²) in [5, 5.41) is 3.51. The van der Waals surface area contributed by atoms with Crippen LogP contribution in [0.5, 0.6) is 0 Å². The molecule has 0 bridgehead atoms. The maximum Gasteiger partial charge on any atom is 0.250 e. The van der Waals surface area contributed by atoms with Gasteiger partial charge in [-0.25, -0.2) is 0 Å². The molecule has 0 aromatic carbocycles. The van der Waals surface area contributed by atoms with Gasteiger partial charge in [0.15, 0.2) is 0 Å². The van der Waals surface area contributed by atoms with Crippen molar-refractivity contribution in [2.24, 2.45) is 12.2 Å². The third-order valence-corrected chi connectivity index (χ3v) is 3.24. The maximum atomic E-state index is 12.1. The van der Waals surface area contributed by atoms with E-state index in [4.69, 9.17) is 5.53 Å². The van der Waals surface area contributed by atoms with Crippen LogP contribution >= 0.6 is 0 Å². The van der Waals surface area contributed by atoms with E-state index in [0.717, 1.165) is 5.69 Å². The lowest BCUT2D eigenvalue weighted by atomic mass is 10.1. The van der Waals surface area contributed by atoms with Crippen LogP contribution in [0.4, 0.5) is 5.69 Å². The van der Waals surface area contributed by atoms with Crippen LogP contribution in [-0.4, -0.2) is 23.6 Å². The number of pyridine rings is 1. The van der Waals surface area contributed by atoms with Gasteiger partial charge in [0, 0.05) is 30.8 Å². The molecule has 0 saturated carbocycles. The molecule has 1 aliphatic rings. The summed E-state index contributed by atoms with van der Waals surface area (Å²) in [6.45, 7) is 0. The second kappa shape index (κ2) is 4.54. The summed E-state index contributed by atoms with van der Waals surface area (Å²) in [5.74, 6) is -0.245. The van der Waals surface area contributed by atoms with Crippen LogP contribution in [0.15, 0.2) is 22.0 Å². The Bertz CT molecular complexity index is 600. The highest BCUT2D eigenvalue weighted by molar-refractivity contribution is 5.98. The number of rotatable bonds is 1. The van der Waals surface area contributed by atoms with Crippen LogP contribution in [0, 0.1) is 0 Å². The number of likely N-dealkylation sites (N-methyl/N-ethyl adjacent to an activating group) is 1. The van der Waals surface area contributed by atoms with E-state index in [1.165, 1.54) is 15.5 Å². The highest BCUT2D eigenvalue weighted by Gasteiger charge is 2.28. The Hall–Kier alpha value is -2.27. The van der Waals surface area contributed by atoms with E-state index in [1.807, 2.05) is 0 Å². The molecule has 1 unspecified atom stereocenters. The normalized spacial score (nSPS) is 18.9. The fourth-order valence-corrected chi connectivity index (χ4v) is 2.17. The summed E-state index contributed by atoms with van der Waals surface area (Å²) >= 11 is 0. The lowest BCUT2D eigenvalue weighted by Gasteiger charge is -2.20. The second-order valence-electron chi connectivity index (χ2n) is 4.22. The van der Waals surface area contributed by atoms with Crippen molar-refractivity contribution in [2.75, 3.05) is 11.9 Å². The molecular formula is C11H13N5O2. The average Bonchev–Trinajstić information content (AvgIpc) is 2.47. The van der Waals surface area contributed by atoms with Crippen molar-refractivity contribution in [3.63, 3.8) is 0 Å². The smallest absolute Gasteiger partial charge is 0.250 e. The van der Waals surface area contributed by atoms with E-state index < -0.39 is 6.04 Å². The highest BCUT2D eigenvalue weighted by atomic mass is 16.2. The Morgan fingerprint density at radius 2 is 2.11 bits per heavy atom. The van der Waals surface area contributed by atoms with Crippen molar-refractivity contribution in [2.45, 2.75) is 18.9 Å². The van der Waals surface area contributed by atoms with Crippen molar-refractivity contribution in [3.8, 4) is 0 Å². The zero-order valence-corrected chi connectivity index (χ0v) is 10.2. The minimum Gasteiger partial charge on any atom is -0.314 e. The molecule has 0 N–H and O–H groups in total. The zero-order valence-electron chi connectivity index (χ0n) is 10.2. The predicted molar refractivity (Wildman–Crippen MR) is 66.3 cm³/mol. The number of nitrogens with zero attached hydrogens (tertiary/aromatic N) is 5. The third-order valence-electron chi connectivity index (χ3n) is 3.24. The number of amides is 1. The molecular weight excluding hydrogens is 234 g/mol. The number of anilines is 1. The van der Waals surface area contributed by atoms with Gasteiger partial charge >= 0.3 is 0 Å². The highest BCUT2D eigenvalue weighted by Crippen LogP contribution is 2.25. The van der Waals surface area contributed by atoms with Gasteiger partial charge in [0.2, 0.25) is 5.91 Å². The summed E-state index contributed by atoms with van der Waals surface area (Å²) in [7, 11) is 3.30. The Kier molecular flexibility index (Phi) is 3.08. The molecule has 7 heteroatoms. The molecule has 0 aliphatic carbocycles.